The first-order valence-electron chi connectivity index (χ1n) is 5.47. The molecule has 0 saturated heterocycles. The second kappa shape index (κ2) is 5.98. The number of hydrazine groups is 1. The number of hydrogen-bond donors (Lipinski definition) is 2. The number of halogens is 1. The number of fused-ring (bicyclic) bond motifs is 1. The Morgan fingerprint density at radius 1 is 1.25 bits per heavy atom. The number of hydrogen-bond acceptors (Lipinski definition) is 5. The zero-order valence-electron chi connectivity index (χ0n) is 10.7. The molecule has 0 aliphatic rings. The van der Waals surface area contributed by atoms with E-state index in [1.54, 1.807) is 25.3 Å². The number of thiophene rings is 1. The Bertz CT molecular complexity index is 671. The summed E-state index contributed by atoms with van der Waals surface area (Å²) in [5.41, 5.74) is 4.30. The quantitative estimate of drug-likeness (QED) is 0.835. The predicted octanol–water partition coefficient (Wildman–Crippen LogP) is 2.56. The van der Waals surface area contributed by atoms with Crippen LogP contribution in [0.1, 0.15) is 9.67 Å². The van der Waals surface area contributed by atoms with E-state index in [0.29, 0.717) is 15.6 Å². The lowest BCUT2D eigenvalue weighted by molar-refractivity contribution is 0.0925. The lowest BCUT2D eigenvalue weighted by Crippen LogP contribution is -2.41. The Balaban J connectivity index is 2.28. The molecule has 106 valence electrons. The van der Waals surface area contributed by atoms with Crippen molar-refractivity contribution in [1.29, 1.82) is 0 Å². The number of methoxy groups -OCH3 is 2. The number of rotatable bonds is 2. The van der Waals surface area contributed by atoms with Crippen LogP contribution in [0.4, 0.5) is 4.79 Å². The first kappa shape index (κ1) is 14.4. The predicted molar refractivity (Wildman–Crippen MR) is 76.4 cm³/mol. The molecule has 2 rings (SSSR count). The molecule has 0 unspecified atom stereocenters. The summed E-state index contributed by atoms with van der Waals surface area (Å²) in [6.45, 7) is 0. The Morgan fingerprint density at radius 3 is 2.65 bits per heavy atom. The number of carbonyl (C=O) groups is 2. The molecule has 2 N–H and O–H groups in total. The molecule has 0 radical (unpaired) electrons. The van der Waals surface area contributed by atoms with Crippen LogP contribution in [0.5, 0.6) is 5.75 Å². The largest absolute Gasteiger partial charge is 0.497 e. The molecule has 0 aliphatic carbocycles. The van der Waals surface area contributed by atoms with Crippen molar-refractivity contribution in [1.82, 2.24) is 10.9 Å². The van der Waals surface area contributed by atoms with Gasteiger partial charge >= 0.3 is 6.09 Å². The fourth-order valence-corrected chi connectivity index (χ4v) is 2.97. The maximum atomic E-state index is 11.9. The Morgan fingerprint density at radius 2 is 2.00 bits per heavy atom. The summed E-state index contributed by atoms with van der Waals surface area (Å²) < 4.78 is 10.3. The van der Waals surface area contributed by atoms with E-state index in [-0.39, 0.29) is 0 Å². The first-order chi connectivity index (χ1) is 9.56. The van der Waals surface area contributed by atoms with Gasteiger partial charge in [0.25, 0.3) is 5.91 Å². The highest BCUT2D eigenvalue weighted by Crippen LogP contribution is 2.37. The van der Waals surface area contributed by atoms with Gasteiger partial charge in [0.1, 0.15) is 10.6 Å². The minimum Gasteiger partial charge on any atom is -0.497 e. The summed E-state index contributed by atoms with van der Waals surface area (Å²) in [6, 6.07) is 5.32. The van der Waals surface area contributed by atoms with Gasteiger partial charge in [-0.1, -0.05) is 11.6 Å². The van der Waals surface area contributed by atoms with E-state index in [0.717, 1.165) is 10.1 Å². The molecule has 8 heteroatoms. The number of nitrogens with one attached hydrogen (secondary N) is 2. The van der Waals surface area contributed by atoms with Gasteiger partial charge in [-0.2, -0.15) is 0 Å². The van der Waals surface area contributed by atoms with Crippen LogP contribution in [0, 0.1) is 0 Å². The first-order valence-corrected chi connectivity index (χ1v) is 6.66. The normalized spacial score (nSPS) is 10.2. The highest BCUT2D eigenvalue weighted by atomic mass is 35.5. The molecule has 2 aromatic rings. The molecule has 0 bridgehead atoms. The Hall–Kier alpha value is -1.99. The topological polar surface area (TPSA) is 76.7 Å². The number of carbonyl (C=O) groups excluding carboxylic acids is 2. The molecular weight excluding hydrogens is 304 g/mol. The van der Waals surface area contributed by atoms with Gasteiger partial charge in [-0.25, -0.2) is 10.2 Å². The molecule has 0 aliphatic heterocycles. The summed E-state index contributed by atoms with van der Waals surface area (Å²) in [5, 5.41) is 1.08. The molecule has 1 aromatic carbocycles. The molecule has 1 heterocycles. The monoisotopic (exact) mass is 314 g/mol. The number of ether oxygens (including phenoxy) is 2. The van der Waals surface area contributed by atoms with Crippen molar-refractivity contribution in [3.63, 3.8) is 0 Å². The van der Waals surface area contributed by atoms with Crippen molar-refractivity contribution >= 4 is 45.0 Å². The smallest absolute Gasteiger partial charge is 0.425 e. The summed E-state index contributed by atoms with van der Waals surface area (Å²) >= 11 is 7.37. The van der Waals surface area contributed by atoms with Crippen molar-refractivity contribution in [2.24, 2.45) is 0 Å². The van der Waals surface area contributed by atoms with Gasteiger partial charge in [0.05, 0.1) is 19.2 Å². The molecule has 0 saturated carbocycles. The fraction of sp³-hybridized carbons (Fsp3) is 0.167. The van der Waals surface area contributed by atoms with Crippen molar-refractivity contribution < 1.29 is 19.1 Å². The van der Waals surface area contributed by atoms with E-state index >= 15 is 0 Å². The van der Waals surface area contributed by atoms with E-state index < -0.39 is 12.0 Å². The third-order valence-corrected chi connectivity index (χ3v) is 4.16. The average molecular weight is 315 g/mol. The fourth-order valence-electron chi connectivity index (χ4n) is 1.53. The summed E-state index contributed by atoms with van der Waals surface area (Å²) in [7, 11) is 2.75. The van der Waals surface area contributed by atoms with Crippen LogP contribution in [0.15, 0.2) is 18.2 Å². The van der Waals surface area contributed by atoms with Crippen molar-refractivity contribution in [3.8, 4) is 5.75 Å². The zero-order chi connectivity index (χ0) is 14.7. The molecule has 0 fully saturated rings. The maximum Gasteiger partial charge on any atom is 0.425 e. The van der Waals surface area contributed by atoms with Gasteiger partial charge < -0.3 is 9.47 Å². The second-order valence-electron chi connectivity index (χ2n) is 3.68. The number of benzene rings is 1. The van der Waals surface area contributed by atoms with Crippen LogP contribution in [0.2, 0.25) is 5.02 Å². The van der Waals surface area contributed by atoms with Crippen molar-refractivity contribution in [2.75, 3.05) is 14.2 Å². The standard InChI is InChI=1S/C12H11ClN2O4S/c1-18-6-3-4-7-8(5-6)20-10(9(7)13)11(16)14-15-12(17)19-2/h3-5H,1-2H3,(H,14,16)(H,15,17). The van der Waals surface area contributed by atoms with Crippen LogP contribution in [-0.4, -0.2) is 26.2 Å². The minimum atomic E-state index is -0.766. The maximum absolute atomic E-state index is 11.9. The SMILES string of the molecule is COC(=O)NNC(=O)c1sc2cc(OC)ccc2c1Cl. The van der Waals surface area contributed by atoms with E-state index in [9.17, 15) is 9.59 Å². The molecular formula is C12H11ClN2O4S. The lowest BCUT2D eigenvalue weighted by atomic mass is 10.2. The van der Waals surface area contributed by atoms with Crippen LogP contribution < -0.4 is 15.6 Å². The molecule has 1 aromatic heterocycles. The summed E-state index contributed by atoms with van der Waals surface area (Å²) in [6.07, 6.45) is -0.766. The molecule has 0 spiro atoms. The number of amides is 2. The van der Waals surface area contributed by atoms with E-state index in [1.807, 2.05) is 0 Å². The molecule has 6 nitrogen and oxygen atoms in total. The molecule has 2 amide bonds. The van der Waals surface area contributed by atoms with Gasteiger partial charge in [0.2, 0.25) is 0 Å². The Labute approximate surface area is 123 Å². The van der Waals surface area contributed by atoms with Gasteiger partial charge in [-0.05, 0) is 18.2 Å². The van der Waals surface area contributed by atoms with Crippen molar-refractivity contribution in [2.45, 2.75) is 0 Å². The molecule has 20 heavy (non-hydrogen) atoms. The zero-order valence-corrected chi connectivity index (χ0v) is 12.2. The van der Waals surface area contributed by atoms with E-state index in [2.05, 4.69) is 15.6 Å². The van der Waals surface area contributed by atoms with Crippen LogP contribution in [0.25, 0.3) is 10.1 Å². The van der Waals surface area contributed by atoms with Crippen LogP contribution in [-0.2, 0) is 4.74 Å². The Kier molecular flexibility index (Phi) is 4.31. The van der Waals surface area contributed by atoms with Gasteiger partial charge in [-0.15, -0.1) is 11.3 Å². The molecule has 0 atom stereocenters. The highest BCUT2D eigenvalue weighted by molar-refractivity contribution is 7.21. The average Bonchev–Trinajstić information content (AvgIpc) is 2.80. The van der Waals surface area contributed by atoms with E-state index in [4.69, 9.17) is 16.3 Å². The van der Waals surface area contributed by atoms with E-state index in [1.165, 1.54) is 18.4 Å². The third-order valence-electron chi connectivity index (χ3n) is 2.51. The highest BCUT2D eigenvalue weighted by Gasteiger charge is 2.18. The summed E-state index contributed by atoms with van der Waals surface area (Å²) in [4.78, 5) is 23.1. The van der Waals surface area contributed by atoms with Gasteiger partial charge in [-0.3, -0.25) is 10.2 Å². The summed E-state index contributed by atoms with van der Waals surface area (Å²) in [5.74, 6) is 0.163. The minimum absolute atomic E-state index is 0.298. The van der Waals surface area contributed by atoms with Crippen LogP contribution in [0.3, 0.4) is 0 Å². The second-order valence-corrected chi connectivity index (χ2v) is 5.11. The third kappa shape index (κ3) is 2.78. The van der Waals surface area contributed by atoms with Gasteiger partial charge in [0, 0.05) is 10.1 Å². The lowest BCUT2D eigenvalue weighted by Gasteiger charge is -2.04. The van der Waals surface area contributed by atoms with Crippen molar-refractivity contribution in [3.05, 3.63) is 28.1 Å². The van der Waals surface area contributed by atoms with Crippen LogP contribution >= 0.6 is 22.9 Å². The van der Waals surface area contributed by atoms with Gasteiger partial charge in [0.15, 0.2) is 0 Å².